The van der Waals surface area contributed by atoms with E-state index in [-0.39, 0.29) is 17.9 Å². The summed E-state index contributed by atoms with van der Waals surface area (Å²) in [4.78, 5) is 14.2. The number of likely N-dealkylation sites (N-methyl/N-ethyl adjacent to an activating group) is 1. The molecule has 106 valence electrons. The second-order valence-corrected chi connectivity index (χ2v) is 4.84. The minimum absolute atomic E-state index is 0.0100. The first-order valence-electron chi connectivity index (χ1n) is 6.99. The Morgan fingerprint density at radius 3 is 2.94 bits per heavy atom. The molecule has 0 aromatic carbocycles. The van der Waals surface area contributed by atoms with Gasteiger partial charge in [-0.1, -0.05) is 20.8 Å². The number of amides is 1. The average Bonchev–Trinajstić information content (AvgIpc) is 2.42. The summed E-state index contributed by atoms with van der Waals surface area (Å²) < 4.78 is 5.65. The maximum Gasteiger partial charge on any atom is 0.224 e. The van der Waals surface area contributed by atoms with Gasteiger partial charge < -0.3 is 15.4 Å². The number of carbonyl (C=O) groups excluding carboxylic acids is 1. The van der Waals surface area contributed by atoms with E-state index < -0.39 is 0 Å². The third kappa shape index (κ3) is 5.33. The van der Waals surface area contributed by atoms with Crippen LogP contribution in [0.1, 0.15) is 20.8 Å². The molecule has 1 aliphatic heterocycles. The van der Waals surface area contributed by atoms with Crippen LogP contribution in [0, 0.1) is 5.92 Å². The number of carbonyl (C=O) groups is 1. The predicted octanol–water partition coefficient (Wildman–Crippen LogP) is 0.0689. The number of hydrogen-bond donors (Lipinski definition) is 2. The molecule has 1 aliphatic rings. The van der Waals surface area contributed by atoms with Gasteiger partial charge in [-0.25, -0.2) is 0 Å². The normalized spacial score (nSPS) is 22.7. The van der Waals surface area contributed by atoms with Crippen LogP contribution >= 0.6 is 0 Å². The third-order valence-corrected chi connectivity index (χ3v) is 3.32. The first-order valence-corrected chi connectivity index (χ1v) is 6.99. The summed E-state index contributed by atoms with van der Waals surface area (Å²) in [6.07, 6.45) is 0.133. The third-order valence-electron chi connectivity index (χ3n) is 3.32. The van der Waals surface area contributed by atoms with Crippen molar-refractivity contribution in [2.45, 2.75) is 26.9 Å². The van der Waals surface area contributed by atoms with Crippen LogP contribution in [0.4, 0.5) is 0 Å². The van der Waals surface area contributed by atoms with E-state index in [0.717, 1.165) is 39.3 Å². The van der Waals surface area contributed by atoms with Gasteiger partial charge in [0.15, 0.2) is 0 Å². The molecular formula is C13H27N3O2. The van der Waals surface area contributed by atoms with Gasteiger partial charge in [0.05, 0.1) is 12.7 Å². The van der Waals surface area contributed by atoms with Gasteiger partial charge in [0, 0.05) is 32.1 Å². The Bertz CT molecular complexity index is 248. The summed E-state index contributed by atoms with van der Waals surface area (Å²) in [5.74, 6) is 0.115. The van der Waals surface area contributed by atoms with Crippen LogP contribution < -0.4 is 10.6 Å². The molecule has 18 heavy (non-hydrogen) atoms. The Kier molecular flexibility index (Phi) is 7.23. The lowest BCUT2D eigenvalue weighted by molar-refractivity contribution is -0.125. The van der Waals surface area contributed by atoms with Crippen molar-refractivity contribution in [1.29, 1.82) is 0 Å². The SMILES string of the molecule is CCNCC(C)C(=O)NCC1CN(CC)CCO1. The van der Waals surface area contributed by atoms with Crippen LogP contribution in [0.15, 0.2) is 0 Å². The fourth-order valence-corrected chi connectivity index (χ4v) is 2.03. The number of rotatable bonds is 7. The molecule has 2 unspecified atom stereocenters. The van der Waals surface area contributed by atoms with E-state index in [9.17, 15) is 4.79 Å². The number of nitrogens with one attached hydrogen (secondary N) is 2. The summed E-state index contributed by atoms with van der Waals surface area (Å²) in [6, 6.07) is 0. The predicted molar refractivity (Wildman–Crippen MR) is 72.6 cm³/mol. The summed E-state index contributed by atoms with van der Waals surface area (Å²) in [5.41, 5.74) is 0. The van der Waals surface area contributed by atoms with Crippen molar-refractivity contribution in [1.82, 2.24) is 15.5 Å². The van der Waals surface area contributed by atoms with Gasteiger partial charge >= 0.3 is 0 Å². The molecule has 5 nitrogen and oxygen atoms in total. The van der Waals surface area contributed by atoms with E-state index >= 15 is 0 Å². The number of hydrogen-bond acceptors (Lipinski definition) is 4. The van der Waals surface area contributed by atoms with Crippen molar-refractivity contribution in [2.75, 3.05) is 45.9 Å². The van der Waals surface area contributed by atoms with Crippen molar-refractivity contribution < 1.29 is 9.53 Å². The lowest BCUT2D eigenvalue weighted by atomic mass is 10.1. The Morgan fingerprint density at radius 1 is 1.50 bits per heavy atom. The van der Waals surface area contributed by atoms with Crippen molar-refractivity contribution in [3.63, 3.8) is 0 Å². The molecule has 1 fully saturated rings. The second kappa shape index (κ2) is 8.45. The van der Waals surface area contributed by atoms with Crippen LogP contribution in [-0.2, 0) is 9.53 Å². The first kappa shape index (κ1) is 15.4. The van der Waals surface area contributed by atoms with E-state index in [2.05, 4.69) is 22.5 Å². The van der Waals surface area contributed by atoms with Crippen LogP contribution in [0.3, 0.4) is 0 Å². The highest BCUT2D eigenvalue weighted by Gasteiger charge is 2.20. The summed E-state index contributed by atoms with van der Waals surface area (Å²) in [5, 5.41) is 6.16. The molecule has 0 radical (unpaired) electrons. The fraction of sp³-hybridized carbons (Fsp3) is 0.923. The summed E-state index contributed by atoms with van der Waals surface area (Å²) in [6.45, 7) is 12.1. The molecule has 2 N–H and O–H groups in total. The van der Waals surface area contributed by atoms with E-state index in [1.54, 1.807) is 0 Å². The molecule has 1 rings (SSSR count). The Labute approximate surface area is 110 Å². The van der Waals surface area contributed by atoms with Crippen molar-refractivity contribution >= 4 is 5.91 Å². The number of morpholine rings is 1. The van der Waals surface area contributed by atoms with Crippen LogP contribution in [-0.4, -0.2) is 62.8 Å². The highest BCUT2D eigenvalue weighted by molar-refractivity contribution is 5.78. The molecule has 0 spiro atoms. The summed E-state index contributed by atoms with van der Waals surface area (Å²) in [7, 11) is 0. The van der Waals surface area contributed by atoms with Gasteiger partial charge in [-0.05, 0) is 13.1 Å². The quantitative estimate of drug-likeness (QED) is 0.678. The van der Waals surface area contributed by atoms with Crippen LogP contribution in [0.5, 0.6) is 0 Å². The Hall–Kier alpha value is -0.650. The second-order valence-electron chi connectivity index (χ2n) is 4.84. The standard InChI is InChI=1S/C13H27N3O2/c1-4-14-8-11(3)13(17)15-9-12-10-16(5-2)6-7-18-12/h11-12,14H,4-10H2,1-3H3,(H,15,17). The zero-order valence-corrected chi connectivity index (χ0v) is 11.9. The van der Waals surface area contributed by atoms with Gasteiger partial charge in [0.25, 0.3) is 0 Å². The van der Waals surface area contributed by atoms with Crippen LogP contribution in [0.25, 0.3) is 0 Å². The highest BCUT2D eigenvalue weighted by atomic mass is 16.5. The molecule has 0 bridgehead atoms. The van der Waals surface area contributed by atoms with Crippen LogP contribution in [0.2, 0.25) is 0 Å². The molecule has 1 amide bonds. The Balaban J connectivity index is 2.21. The maximum atomic E-state index is 11.8. The van der Waals surface area contributed by atoms with Gasteiger partial charge in [-0.2, -0.15) is 0 Å². The molecular weight excluding hydrogens is 230 g/mol. The minimum Gasteiger partial charge on any atom is -0.374 e. The number of nitrogens with zero attached hydrogens (tertiary/aromatic N) is 1. The van der Waals surface area contributed by atoms with Gasteiger partial charge in [-0.3, -0.25) is 9.69 Å². The van der Waals surface area contributed by atoms with Crippen molar-refractivity contribution in [3.8, 4) is 0 Å². The average molecular weight is 257 g/mol. The lowest BCUT2D eigenvalue weighted by Gasteiger charge is -2.32. The van der Waals surface area contributed by atoms with E-state index in [1.807, 2.05) is 13.8 Å². The molecule has 0 aliphatic carbocycles. The highest BCUT2D eigenvalue weighted by Crippen LogP contribution is 2.04. The smallest absolute Gasteiger partial charge is 0.224 e. The zero-order chi connectivity index (χ0) is 13.4. The molecule has 1 saturated heterocycles. The largest absolute Gasteiger partial charge is 0.374 e. The number of ether oxygens (including phenoxy) is 1. The monoisotopic (exact) mass is 257 g/mol. The molecule has 0 aromatic rings. The van der Waals surface area contributed by atoms with Crippen molar-refractivity contribution in [2.24, 2.45) is 5.92 Å². The molecule has 2 atom stereocenters. The fourth-order valence-electron chi connectivity index (χ4n) is 2.03. The van der Waals surface area contributed by atoms with Crippen molar-refractivity contribution in [3.05, 3.63) is 0 Å². The topological polar surface area (TPSA) is 53.6 Å². The van der Waals surface area contributed by atoms with Gasteiger partial charge in [0.1, 0.15) is 0 Å². The summed E-state index contributed by atoms with van der Waals surface area (Å²) >= 11 is 0. The van der Waals surface area contributed by atoms with E-state index in [4.69, 9.17) is 4.74 Å². The molecule has 0 saturated carbocycles. The first-order chi connectivity index (χ1) is 8.67. The molecule has 1 heterocycles. The van der Waals surface area contributed by atoms with Gasteiger partial charge in [-0.15, -0.1) is 0 Å². The lowest BCUT2D eigenvalue weighted by Crippen LogP contribution is -2.48. The van der Waals surface area contributed by atoms with Gasteiger partial charge in [0.2, 0.25) is 5.91 Å². The Morgan fingerprint density at radius 2 is 2.28 bits per heavy atom. The van der Waals surface area contributed by atoms with E-state index in [0.29, 0.717) is 6.54 Å². The zero-order valence-electron chi connectivity index (χ0n) is 11.9. The molecule has 0 aromatic heterocycles. The molecule has 5 heteroatoms. The maximum absolute atomic E-state index is 11.8. The van der Waals surface area contributed by atoms with E-state index in [1.165, 1.54) is 0 Å². The minimum atomic E-state index is 0.0100.